The molecule has 1 aromatic rings. The molecule has 0 unspecified atom stereocenters. The first-order valence-corrected chi connectivity index (χ1v) is 6.75. The molecular weight excluding hydrogens is 279 g/mol. The fourth-order valence-electron chi connectivity index (χ4n) is 2.56. The highest BCUT2D eigenvalue weighted by Gasteiger charge is 2.26. The van der Waals surface area contributed by atoms with Crippen molar-refractivity contribution in [1.29, 1.82) is 0 Å². The summed E-state index contributed by atoms with van der Waals surface area (Å²) >= 11 is 0. The number of nitro benzene ring substituents is 1. The Hall–Kier alpha value is -2.02. The Morgan fingerprint density at radius 2 is 2.14 bits per heavy atom. The van der Waals surface area contributed by atoms with Crippen molar-refractivity contribution in [2.24, 2.45) is 5.92 Å². The molecule has 114 valence electrons. The summed E-state index contributed by atoms with van der Waals surface area (Å²) in [5.41, 5.74) is -0.197. The van der Waals surface area contributed by atoms with Crippen LogP contribution in [0.5, 0.6) is 0 Å². The van der Waals surface area contributed by atoms with E-state index < -0.39 is 16.4 Å². The number of ether oxygens (including phenoxy) is 1. The van der Waals surface area contributed by atoms with Gasteiger partial charge >= 0.3 is 11.7 Å². The molecule has 7 heteroatoms. The van der Waals surface area contributed by atoms with Crippen LogP contribution in [0.1, 0.15) is 18.4 Å². The van der Waals surface area contributed by atoms with Gasteiger partial charge in [0.1, 0.15) is 0 Å². The van der Waals surface area contributed by atoms with Gasteiger partial charge in [0.15, 0.2) is 0 Å². The van der Waals surface area contributed by atoms with E-state index in [2.05, 4.69) is 0 Å². The van der Waals surface area contributed by atoms with Gasteiger partial charge in [0, 0.05) is 18.2 Å². The van der Waals surface area contributed by atoms with Crippen molar-refractivity contribution >= 4 is 11.7 Å². The zero-order chi connectivity index (χ0) is 15.4. The number of esters is 1. The minimum absolute atomic E-state index is 0.110. The fraction of sp³-hybridized carbons (Fsp3) is 0.500. The summed E-state index contributed by atoms with van der Waals surface area (Å²) < 4.78 is 18.7. The predicted molar refractivity (Wildman–Crippen MR) is 73.1 cm³/mol. The highest BCUT2D eigenvalue weighted by molar-refractivity contribution is 5.72. The van der Waals surface area contributed by atoms with Crippen LogP contribution in [-0.2, 0) is 16.1 Å². The second-order valence-corrected chi connectivity index (χ2v) is 5.08. The van der Waals surface area contributed by atoms with E-state index in [1.54, 1.807) is 6.07 Å². The lowest BCUT2D eigenvalue weighted by Gasteiger charge is -2.30. The van der Waals surface area contributed by atoms with Gasteiger partial charge in [-0.3, -0.25) is 19.8 Å². The number of nitrogens with zero attached hydrogens (tertiary/aromatic N) is 2. The molecule has 0 aromatic heterocycles. The average Bonchev–Trinajstić information content (AvgIpc) is 2.49. The largest absolute Gasteiger partial charge is 0.469 e. The lowest BCUT2D eigenvalue weighted by Crippen LogP contribution is -2.36. The van der Waals surface area contributed by atoms with Gasteiger partial charge in [0.25, 0.3) is 0 Å². The quantitative estimate of drug-likeness (QED) is 0.483. The first kappa shape index (κ1) is 15.4. The molecular formula is C14H17FN2O4. The molecule has 0 bridgehead atoms. The van der Waals surface area contributed by atoms with E-state index in [1.165, 1.54) is 13.2 Å². The van der Waals surface area contributed by atoms with Crippen molar-refractivity contribution < 1.29 is 18.8 Å². The van der Waals surface area contributed by atoms with Crippen LogP contribution in [0, 0.1) is 21.8 Å². The maximum atomic E-state index is 14.0. The number of rotatable bonds is 4. The summed E-state index contributed by atoms with van der Waals surface area (Å²) in [6, 6.07) is 4.19. The third-order valence-electron chi connectivity index (χ3n) is 3.77. The Morgan fingerprint density at radius 3 is 2.71 bits per heavy atom. The van der Waals surface area contributed by atoms with Crippen LogP contribution < -0.4 is 0 Å². The molecule has 6 nitrogen and oxygen atoms in total. The molecule has 1 aliphatic rings. The fourth-order valence-corrected chi connectivity index (χ4v) is 2.56. The number of piperidine rings is 1. The SMILES string of the molecule is COC(=O)C1CCN(Cc2cccc([N+](=O)[O-])c2F)CC1. The zero-order valence-electron chi connectivity index (χ0n) is 11.8. The van der Waals surface area contributed by atoms with E-state index in [0.29, 0.717) is 38.0 Å². The molecule has 1 saturated heterocycles. The Bertz CT molecular complexity index is 542. The molecule has 1 aliphatic heterocycles. The van der Waals surface area contributed by atoms with Crippen LogP contribution in [0.25, 0.3) is 0 Å². The number of carbonyl (C=O) groups excluding carboxylic acids is 1. The second-order valence-electron chi connectivity index (χ2n) is 5.08. The van der Waals surface area contributed by atoms with Crippen LogP contribution in [0.15, 0.2) is 18.2 Å². The van der Waals surface area contributed by atoms with Gasteiger partial charge < -0.3 is 4.74 Å². The highest BCUT2D eigenvalue weighted by atomic mass is 19.1. The number of halogens is 1. The molecule has 0 spiro atoms. The Balaban J connectivity index is 1.99. The Labute approximate surface area is 121 Å². The Morgan fingerprint density at radius 1 is 1.48 bits per heavy atom. The molecule has 0 aliphatic carbocycles. The van der Waals surface area contributed by atoms with Crippen molar-refractivity contribution in [1.82, 2.24) is 4.90 Å². The monoisotopic (exact) mass is 296 g/mol. The van der Waals surface area contributed by atoms with Gasteiger partial charge in [0.2, 0.25) is 5.82 Å². The van der Waals surface area contributed by atoms with Gasteiger partial charge in [0.05, 0.1) is 18.0 Å². The third kappa shape index (κ3) is 3.55. The molecule has 0 atom stereocenters. The van der Waals surface area contributed by atoms with Gasteiger partial charge in [-0.15, -0.1) is 0 Å². The summed E-state index contributed by atoms with van der Waals surface area (Å²) in [6.45, 7) is 1.59. The number of hydrogen-bond donors (Lipinski definition) is 0. The van der Waals surface area contributed by atoms with Gasteiger partial charge in [-0.05, 0) is 25.9 Å². The molecule has 1 fully saturated rings. The average molecular weight is 296 g/mol. The summed E-state index contributed by atoms with van der Waals surface area (Å²) in [5, 5.41) is 10.7. The lowest BCUT2D eigenvalue weighted by atomic mass is 9.96. The number of hydrogen-bond acceptors (Lipinski definition) is 5. The number of nitro groups is 1. The number of likely N-dealkylation sites (tertiary alicyclic amines) is 1. The van der Waals surface area contributed by atoms with Gasteiger partial charge in [-0.1, -0.05) is 12.1 Å². The molecule has 0 saturated carbocycles. The third-order valence-corrected chi connectivity index (χ3v) is 3.77. The molecule has 1 heterocycles. The molecule has 0 N–H and O–H groups in total. The second kappa shape index (κ2) is 6.62. The molecule has 0 radical (unpaired) electrons. The van der Waals surface area contributed by atoms with E-state index in [1.807, 2.05) is 4.90 Å². The smallest absolute Gasteiger partial charge is 0.308 e. The topological polar surface area (TPSA) is 72.7 Å². The maximum Gasteiger partial charge on any atom is 0.308 e. The van der Waals surface area contributed by atoms with Crippen molar-refractivity contribution in [2.75, 3.05) is 20.2 Å². The van der Waals surface area contributed by atoms with Crippen molar-refractivity contribution in [3.8, 4) is 0 Å². The summed E-state index contributed by atoms with van der Waals surface area (Å²) in [5.74, 6) is -1.10. The van der Waals surface area contributed by atoms with Crippen LogP contribution in [0.3, 0.4) is 0 Å². The first-order valence-electron chi connectivity index (χ1n) is 6.75. The van der Waals surface area contributed by atoms with E-state index >= 15 is 0 Å². The van der Waals surface area contributed by atoms with E-state index in [9.17, 15) is 19.3 Å². The summed E-state index contributed by atoms with van der Waals surface area (Å²) in [7, 11) is 1.37. The van der Waals surface area contributed by atoms with Crippen LogP contribution in [0.4, 0.5) is 10.1 Å². The van der Waals surface area contributed by atoms with E-state index in [-0.39, 0.29) is 11.9 Å². The van der Waals surface area contributed by atoms with Crippen LogP contribution in [0.2, 0.25) is 0 Å². The van der Waals surface area contributed by atoms with Crippen molar-refractivity contribution in [3.05, 3.63) is 39.7 Å². The van der Waals surface area contributed by atoms with E-state index in [0.717, 1.165) is 6.07 Å². The minimum atomic E-state index is -0.780. The normalized spacial score (nSPS) is 16.7. The van der Waals surface area contributed by atoms with Crippen LogP contribution in [-0.4, -0.2) is 36.0 Å². The first-order chi connectivity index (χ1) is 10.0. The summed E-state index contributed by atoms with van der Waals surface area (Å²) in [4.78, 5) is 23.4. The van der Waals surface area contributed by atoms with Crippen LogP contribution >= 0.6 is 0 Å². The number of benzene rings is 1. The minimum Gasteiger partial charge on any atom is -0.469 e. The number of methoxy groups -OCH3 is 1. The van der Waals surface area contributed by atoms with Crippen molar-refractivity contribution in [3.63, 3.8) is 0 Å². The predicted octanol–water partition coefficient (Wildman–Crippen LogP) is 2.12. The molecule has 1 aromatic carbocycles. The molecule has 21 heavy (non-hydrogen) atoms. The maximum absolute atomic E-state index is 14.0. The van der Waals surface area contributed by atoms with Gasteiger partial charge in [-0.2, -0.15) is 4.39 Å². The van der Waals surface area contributed by atoms with Gasteiger partial charge in [-0.25, -0.2) is 0 Å². The van der Waals surface area contributed by atoms with Crippen molar-refractivity contribution in [2.45, 2.75) is 19.4 Å². The Kier molecular flexibility index (Phi) is 4.85. The van der Waals surface area contributed by atoms with E-state index in [4.69, 9.17) is 4.74 Å². The highest BCUT2D eigenvalue weighted by Crippen LogP contribution is 2.24. The summed E-state index contributed by atoms with van der Waals surface area (Å²) in [6.07, 6.45) is 1.31. The molecule has 0 amide bonds. The lowest BCUT2D eigenvalue weighted by molar-refractivity contribution is -0.387. The standard InChI is InChI=1S/C14H17FN2O4/c1-21-14(18)10-5-7-16(8-6-10)9-11-3-2-4-12(13(11)15)17(19)20/h2-4,10H,5-9H2,1H3. The molecule has 2 rings (SSSR count). The zero-order valence-corrected chi connectivity index (χ0v) is 11.8. The number of carbonyl (C=O) groups is 1.